The Morgan fingerprint density at radius 1 is 1.00 bits per heavy atom. The lowest BCUT2D eigenvalue weighted by molar-refractivity contribution is 0.102. The maximum absolute atomic E-state index is 12.4. The Labute approximate surface area is 147 Å². The largest absolute Gasteiger partial charge is 0.494 e. The molecule has 1 amide bonds. The van der Waals surface area contributed by atoms with Crippen LogP contribution in [0.4, 0.5) is 5.69 Å². The first-order chi connectivity index (χ1) is 12.3. The lowest BCUT2D eigenvalue weighted by atomic mass is 10.2. The quantitative estimate of drug-likeness (QED) is 0.648. The molecule has 0 aliphatic carbocycles. The minimum Gasteiger partial charge on any atom is -0.494 e. The summed E-state index contributed by atoms with van der Waals surface area (Å²) < 4.78 is 5.66. The van der Waals surface area contributed by atoms with Crippen LogP contribution < -0.4 is 10.1 Å². The number of hydrogen-bond donors (Lipinski definition) is 1. The predicted octanol–water partition coefficient (Wildman–Crippen LogP) is 4.45. The van der Waals surface area contributed by atoms with Gasteiger partial charge in [-0.1, -0.05) is 19.8 Å². The molecule has 0 spiro atoms. The highest BCUT2D eigenvalue weighted by Crippen LogP contribution is 2.17. The van der Waals surface area contributed by atoms with Crippen LogP contribution >= 0.6 is 0 Å². The topological polar surface area (TPSA) is 64.1 Å². The number of nitrogens with one attached hydrogen (secondary N) is 1. The van der Waals surface area contributed by atoms with E-state index in [1.807, 2.05) is 30.3 Å². The highest BCUT2D eigenvalue weighted by atomic mass is 16.5. The van der Waals surface area contributed by atoms with Crippen LogP contribution in [-0.4, -0.2) is 22.5 Å². The van der Waals surface area contributed by atoms with Crippen LogP contribution in [0, 0.1) is 0 Å². The molecule has 5 heteroatoms. The molecule has 25 heavy (non-hydrogen) atoms. The molecule has 0 atom stereocenters. The summed E-state index contributed by atoms with van der Waals surface area (Å²) in [6.45, 7) is 2.87. The van der Waals surface area contributed by atoms with Crippen molar-refractivity contribution < 1.29 is 9.53 Å². The molecule has 5 nitrogen and oxygen atoms in total. The van der Waals surface area contributed by atoms with E-state index in [2.05, 4.69) is 22.2 Å². The van der Waals surface area contributed by atoms with E-state index in [-0.39, 0.29) is 5.91 Å². The number of hydrogen-bond acceptors (Lipinski definition) is 4. The van der Waals surface area contributed by atoms with E-state index in [9.17, 15) is 4.79 Å². The molecule has 2 aromatic carbocycles. The van der Waals surface area contributed by atoms with Crippen molar-refractivity contribution in [2.75, 3.05) is 11.9 Å². The number of carbonyl (C=O) groups is 1. The third-order valence-corrected chi connectivity index (χ3v) is 3.86. The number of anilines is 1. The number of fused-ring (bicyclic) bond motifs is 1. The normalized spacial score (nSPS) is 10.6. The van der Waals surface area contributed by atoms with Crippen molar-refractivity contribution in [2.24, 2.45) is 0 Å². The Kier molecular flexibility index (Phi) is 5.57. The number of unbranched alkanes of at least 4 members (excludes halogenated alkanes) is 2. The molecule has 1 N–H and O–H groups in total. The maximum Gasteiger partial charge on any atom is 0.255 e. The van der Waals surface area contributed by atoms with Gasteiger partial charge in [0.1, 0.15) is 5.75 Å². The molecule has 0 bridgehead atoms. The van der Waals surface area contributed by atoms with Crippen LogP contribution in [0.1, 0.15) is 36.5 Å². The minimum atomic E-state index is -0.166. The van der Waals surface area contributed by atoms with Gasteiger partial charge in [0.2, 0.25) is 0 Å². The molecule has 0 aliphatic heterocycles. The number of ether oxygens (including phenoxy) is 1. The SMILES string of the molecule is CCCCCOc1ccc(C(=O)Nc2ccc3nccnc3c2)cc1. The average Bonchev–Trinajstić information content (AvgIpc) is 2.65. The van der Waals surface area contributed by atoms with E-state index >= 15 is 0 Å². The van der Waals surface area contributed by atoms with E-state index in [0.717, 1.165) is 29.6 Å². The van der Waals surface area contributed by atoms with Gasteiger partial charge in [-0.3, -0.25) is 14.8 Å². The highest BCUT2D eigenvalue weighted by molar-refractivity contribution is 6.05. The van der Waals surface area contributed by atoms with Crippen molar-refractivity contribution in [3.63, 3.8) is 0 Å². The van der Waals surface area contributed by atoms with Crippen LogP contribution in [0.2, 0.25) is 0 Å². The zero-order chi connectivity index (χ0) is 17.5. The van der Waals surface area contributed by atoms with Gasteiger partial charge in [-0.05, 0) is 48.9 Å². The summed E-state index contributed by atoms with van der Waals surface area (Å²) in [5.41, 5.74) is 2.82. The Morgan fingerprint density at radius 3 is 2.52 bits per heavy atom. The number of nitrogens with zero attached hydrogens (tertiary/aromatic N) is 2. The molecule has 128 valence electrons. The number of benzene rings is 2. The van der Waals surface area contributed by atoms with Gasteiger partial charge < -0.3 is 10.1 Å². The lowest BCUT2D eigenvalue weighted by Gasteiger charge is -2.08. The summed E-state index contributed by atoms with van der Waals surface area (Å²) in [5.74, 6) is 0.620. The molecule has 3 aromatic rings. The van der Waals surface area contributed by atoms with Crippen LogP contribution in [0.15, 0.2) is 54.9 Å². The van der Waals surface area contributed by atoms with Crippen molar-refractivity contribution in [1.29, 1.82) is 0 Å². The van der Waals surface area contributed by atoms with Crippen LogP contribution in [0.5, 0.6) is 5.75 Å². The molecule has 0 unspecified atom stereocenters. The van der Waals surface area contributed by atoms with E-state index in [0.29, 0.717) is 17.9 Å². The Hall–Kier alpha value is -2.95. The van der Waals surface area contributed by atoms with Crippen LogP contribution in [-0.2, 0) is 0 Å². The van der Waals surface area contributed by atoms with Crippen molar-refractivity contribution in [3.05, 3.63) is 60.4 Å². The first-order valence-corrected chi connectivity index (χ1v) is 8.51. The van der Waals surface area contributed by atoms with Gasteiger partial charge in [-0.25, -0.2) is 0 Å². The second-order valence-electron chi connectivity index (χ2n) is 5.79. The van der Waals surface area contributed by atoms with Crippen molar-refractivity contribution in [3.8, 4) is 5.75 Å². The highest BCUT2D eigenvalue weighted by Gasteiger charge is 2.07. The Balaban J connectivity index is 1.62. The molecule has 0 fully saturated rings. The number of aromatic nitrogens is 2. The van der Waals surface area contributed by atoms with Gasteiger partial charge in [-0.2, -0.15) is 0 Å². The molecule has 1 heterocycles. The van der Waals surface area contributed by atoms with E-state index in [4.69, 9.17) is 4.74 Å². The fourth-order valence-electron chi connectivity index (χ4n) is 2.49. The fraction of sp³-hybridized carbons (Fsp3) is 0.250. The van der Waals surface area contributed by atoms with E-state index in [1.165, 1.54) is 6.42 Å². The standard InChI is InChI=1S/C20H21N3O2/c1-2-3-4-13-25-17-8-5-15(6-9-17)20(24)23-16-7-10-18-19(14-16)22-12-11-21-18/h5-12,14H,2-4,13H2,1H3,(H,23,24). The first kappa shape index (κ1) is 16.9. The molecule has 0 aliphatic rings. The van der Waals surface area contributed by atoms with E-state index in [1.54, 1.807) is 24.5 Å². The number of amides is 1. The minimum absolute atomic E-state index is 0.166. The molecule has 3 rings (SSSR count). The number of carbonyl (C=O) groups excluding carboxylic acids is 1. The van der Waals surface area contributed by atoms with Gasteiger partial charge in [0.15, 0.2) is 0 Å². The Morgan fingerprint density at radius 2 is 1.76 bits per heavy atom. The molecule has 0 saturated heterocycles. The van der Waals surface area contributed by atoms with E-state index < -0.39 is 0 Å². The van der Waals surface area contributed by atoms with Crippen molar-refractivity contribution in [1.82, 2.24) is 9.97 Å². The molecule has 0 radical (unpaired) electrons. The fourth-order valence-corrected chi connectivity index (χ4v) is 2.49. The summed E-state index contributed by atoms with van der Waals surface area (Å²) in [6, 6.07) is 12.7. The average molecular weight is 335 g/mol. The summed E-state index contributed by atoms with van der Waals surface area (Å²) in [4.78, 5) is 20.8. The van der Waals surface area contributed by atoms with Crippen LogP contribution in [0.25, 0.3) is 11.0 Å². The van der Waals surface area contributed by atoms with Crippen molar-refractivity contribution in [2.45, 2.75) is 26.2 Å². The number of rotatable bonds is 7. The van der Waals surface area contributed by atoms with Gasteiger partial charge in [0.05, 0.1) is 17.6 Å². The molecule has 1 aromatic heterocycles. The summed E-state index contributed by atoms with van der Waals surface area (Å²) in [6.07, 6.45) is 6.66. The van der Waals surface area contributed by atoms with Crippen molar-refractivity contribution >= 4 is 22.6 Å². The Bertz CT molecular complexity index is 847. The predicted molar refractivity (Wildman–Crippen MR) is 99.0 cm³/mol. The molecular weight excluding hydrogens is 314 g/mol. The second-order valence-corrected chi connectivity index (χ2v) is 5.79. The summed E-state index contributed by atoms with van der Waals surface area (Å²) in [5, 5.41) is 2.88. The van der Waals surface area contributed by atoms with Crippen LogP contribution in [0.3, 0.4) is 0 Å². The zero-order valence-electron chi connectivity index (χ0n) is 14.2. The lowest BCUT2D eigenvalue weighted by Crippen LogP contribution is -2.11. The third kappa shape index (κ3) is 4.53. The van der Waals surface area contributed by atoms with Gasteiger partial charge >= 0.3 is 0 Å². The van der Waals surface area contributed by atoms with Gasteiger partial charge in [-0.15, -0.1) is 0 Å². The van der Waals surface area contributed by atoms with Gasteiger partial charge in [0, 0.05) is 23.6 Å². The third-order valence-electron chi connectivity index (χ3n) is 3.86. The summed E-state index contributed by atoms with van der Waals surface area (Å²) >= 11 is 0. The zero-order valence-corrected chi connectivity index (χ0v) is 14.2. The molecule has 0 saturated carbocycles. The smallest absolute Gasteiger partial charge is 0.255 e. The summed E-state index contributed by atoms with van der Waals surface area (Å²) in [7, 11) is 0. The first-order valence-electron chi connectivity index (χ1n) is 8.51. The monoisotopic (exact) mass is 335 g/mol. The maximum atomic E-state index is 12.4. The molecular formula is C20H21N3O2. The van der Waals surface area contributed by atoms with Gasteiger partial charge in [0.25, 0.3) is 5.91 Å². The second kappa shape index (κ2) is 8.24.